The van der Waals surface area contributed by atoms with Gasteiger partial charge in [0.25, 0.3) is 0 Å². The molecule has 1 aliphatic heterocycles. The molecule has 10 heteroatoms. The SMILES string of the molecule is COc1c(OCC(O)CN2CCCC2)c(Nc2ccccc2)c2nc(F)nc(Cl)c2c1O. The van der Waals surface area contributed by atoms with Gasteiger partial charge in [-0.1, -0.05) is 29.8 Å². The third kappa shape index (κ3) is 4.64. The first-order chi connectivity index (χ1) is 15.5. The molecule has 3 aromatic rings. The van der Waals surface area contributed by atoms with Gasteiger partial charge in [0.05, 0.1) is 12.5 Å². The second-order valence-electron chi connectivity index (χ2n) is 7.56. The standard InChI is InChI=1S/C22H24ClFN4O4/c1-31-20-18(30)15-16(26-22(24)27-21(15)23)17(25-13-7-3-2-4-8-13)19(20)32-12-14(29)11-28-9-5-6-10-28/h2-4,7-8,14,25,29-30H,5-6,9-12H2,1H3. The van der Waals surface area contributed by atoms with Crippen molar-refractivity contribution in [2.45, 2.75) is 18.9 Å². The fourth-order valence-corrected chi connectivity index (χ4v) is 4.09. The topological polar surface area (TPSA) is 100.0 Å². The summed E-state index contributed by atoms with van der Waals surface area (Å²) in [5, 5.41) is 24.2. The van der Waals surface area contributed by atoms with Crippen LogP contribution in [-0.4, -0.2) is 64.5 Å². The van der Waals surface area contributed by atoms with Crippen molar-refractivity contribution in [3.8, 4) is 17.2 Å². The second kappa shape index (κ2) is 9.72. The van der Waals surface area contributed by atoms with Crippen LogP contribution in [0.15, 0.2) is 30.3 Å². The van der Waals surface area contributed by atoms with Crippen LogP contribution in [0.2, 0.25) is 5.15 Å². The van der Waals surface area contributed by atoms with E-state index in [0.717, 1.165) is 25.9 Å². The van der Waals surface area contributed by atoms with E-state index in [2.05, 4.69) is 20.2 Å². The molecule has 0 bridgehead atoms. The molecule has 1 aromatic heterocycles. The summed E-state index contributed by atoms with van der Waals surface area (Å²) in [4.78, 5) is 9.52. The van der Waals surface area contributed by atoms with Gasteiger partial charge in [0, 0.05) is 12.2 Å². The predicted octanol–water partition coefficient (Wildman–Crippen LogP) is 3.72. The van der Waals surface area contributed by atoms with Crippen LogP contribution >= 0.6 is 11.6 Å². The predicted molar refractivity (Wildman–Crippen MR) is 120 cm³/mol. The molecule has 0 aliphatic carbocycles. The zero-order valence-electron chi connectivity index (χ0n) is 17.5. The molecular formula is C22H24ClFN4O4. The Morgan fingerprint density at radius 2 is 1.91 bits per heavy atom. The number of β-amino-alcohol motifs (C(OH)–C–C–N with tert-alkyl or cyclic N) is 1. The number of aliphatic hydroxyl groups is 1. The van der Waals surface area contributed by atoms with E-state index in [0.29, 0.717) is 12.2 Å². The Kier molecular flexibility index (Phi) is 6.78. The number of aliphatic hydroxyl groups excluding tert-OH is 1. The zero-order chi connectivity index (χ0) is 22.7. The number of nitrogens with one attached hydrogen (secondary N) is 1. The molecule has 2 aromatic carbocycles. The number of hydrogen-bond donors (Lipinski definition) is 3. The summed E-state index contributed by atoms with van der Waals surface area (Å²) in [5.41, 5.74) is 0.922. The lowest BCUT2D eigenvalue weighted by atomic mass is 10.1. The highest BCUT2D eigenvalue weighted by Crippen LogP contribution is 2.50. The van der Waals surface area contributed by atoms with Crippen molar-refractivity contribution in [3.63, 3.8) is 0 Å². The Bertz CT molecular complexity index is 1100. The maximum atomic E-state index is 14.1. The van der Waals surface area contributed by atoms with E-state index in [1.165, 1.54) is 7.11 Å². The number of hydrogen-bond acceptors (Lipinski definition) is 8. The molecule has 1 fully saturated rings. The lowest BCUT2D eigenvalue weighted by Crippen LogP contribution is -2.33. The summed E-state index contributed by atoms with van der Waals surface area (Å²) in [5.74, 6) is -0.326. The van der Waals surface area contributed by atoms with Crippen LogP contribution in [0.1, 0.15) is 12.8 Å². The van der Waals surface area contributed by atoms with Crippen LogP contribution < -0.4 is 14.8 Å². The highest BCUT2D eigenvalue weighted by Gasteiger charge is 2.27. The number of phenolic OH excluding ortho intramolecular Hbond substituents is 1. The molecule has 1 aliphatic rings. The first-order valence-corrected chi connectivity index (χ1v) is 10.7. The van der Waals surface area contributed by atoms with E-state index in [4.69, 9.17) is 21.1 Å². The second-order valence-corrected chi connectivity index (χ2v) is 7.91. The number of nitrogens with zero attached hydrogens (tertiary/aromatic N) is 3. The van der Waals surface area contributed by atoms with Crippen LogP contribution in [0, 0.1) is 6.08 Å². The van der Waals surface area contributed by atoms with E-state index >= 15 is 0 Å². The molecule has 1 unspecified atom stereocenters. The number of aromatic hydroxyl groups is 1. The van der Waals surface area contributed by atoms with Gasteiger partial charge >= 0.3 is 6.08 Å². The van der Waals surface area contributed by atoms with Gasteiger partial charge in [0.1, 0.15) is 29.1 Å². The maximum absolute atomic E-state index is 14.1. The Morgan fingerprint density at radius 1 is 1.19 bits per heavy atom. The van der Waals surface area contributed by atoms with Gasteiger partial charge in [-0.25, -0.2) is 0 Å². The van der Waals surface area contributed by atoms with Crippen molar-refractivity contribution in [2.75, 3.05) is 38.7 Å². The molecule has 3 N–H and O–H groups in total. The maximum Gasteiger partial charge on any atom is 0.310 e. The van der Waals surface area contributed by atoms with Crippen molar-refractivity contribution >= 4 is 33.9 Å². The summed E-state index contributed by atoms with van der Waals surface area (Å²) < 4.78 is 25.4. The Hall–Kier alpha value is -2.88. The van der Waals surface area contributed by atoms with Gasteiger partial charge in [-0.2, -0.15) is 14.4 Å². The number of fused-ring (bicyclic) bond motifs is 1. The number of halogens is 2. The molecule has 0 saturated carbocycles. The van der Waals surface area contributed by atoms with Crippen LogP contribution in [0.25, 0.3) is 10.9 Å². The molecule has 1 saturated heterocycles. The van der Waals surface area contributed by atoms with Crippen molar-refractivity contribution in [1.82, 2.24) is 14.9 Å². The van der Waals surface area contributed by atoms with Crippen LogP contribution in [0.3, 0.4) is 0 Å². The summed E-state index contributed by atoms with van der Waals surface area (Å²) in [6.07, 6.45) is 0.392. The van der Waals surface area contributed by atoms with Gasteiger partial charge in [-0.3, -0.25) is 0 Å². The summed E-state index contributed by atoms with van der Waals surface area (Å²) >= 11 is 6.13. The molecule has 0 spiro atoms. The minimum atomic E-state index is -1.05. The fourth-order valence-electron chi connectivity index (χ4n) is 3.85. The molecule has 8 nitrogen and oxygen atoms in total. The zero-order valence-corrected chi connectivity index (χ0v) is 18.3. The number of aromatic nitrogens is 2. The van der Waals surface area contributed by atoms with Crippen molar-refractivity contribution in [1.29, 1.82) is 0 Å². The molecule has 32 heavy (non-hydrogen) atoms. The van der Waals surface area contributed by atoms with Crippen molar-refractivity contribution in [3.05, 3.63) is 41.6 Å². The smallest absolute Gasteiger partial charge is 0.310 e. The normalized spacial score (nSPS) is 15.1. The highest BCUT2D eigenvalue weighted by molar-refractivity contribution is 6.35. The van der Waals surface area contributed by atoms with Gasteiger partial charge in [0.2, 0.25) is 5.75 Å². The molecule has 0 amide bonds. The number of anilines is 2. The lowest BCUT2D eigenvalue weighted by Gasteiger charge is -2.23. The number of benzene rings is 2. The van der Waals surface area contributed by atoms with Crippen molar-refractivity contribution < 1.29 is 24.1 Å². The fraction of sp³-hybridized carbons (Fsp3) is 0.364. The molecular weight excluding hydrogens is 439 g/mol. The number of phenols is 1. The monoisotopic (exact) mass is 462 g/mol. The van der Waals surface area contributed by atoms with Gasteiger partial charge < -0.3 is 29.9 Å². The average Bonchev–Trinajstić information content (AvgIpc) is 3.27. The van der Waals surface area contributed by atoms with Crippen molar-refractivity contribution in [2.24, 2.45) is 0 Å². The minimum Gasteiger partial charge on any atom is -0.504 e. The number of ether oxygens (including phenoxy) is 2. The largest absolute Gasteiger partial charge is 0.504 e. The summed E-state index contributed by atoms with van der Waals surface area (Å²) in [6.45, 7) is 2.27. The van der Waals surface area contributed by atoms with E-state index in [-0.39, 0.29) is 45.6 Å². The molecule has 1 atom stereocenters. The quantitative estimate of drug-likeness (QED) is 0.264. The minimum absolute atomic E-state index is 0.0216. The van der Waals surface area contributed by atoms with Gasteiger partial charge in [0.15, 0.2) is 11.5 Å². The van der Waals surface area contributed by atoms with Gasteiger partial charge in [-0.05, 0) is 38.1 Å². The number of methoxy groups -OCH3 is 1. The summed E-state index contributed by atoms with van der Waals surface area (Å²) in [6, 6.07) is 9.11. The Morgan fingerprint density at radius 3 is 2.59 bits per heavy atom. The first kappa shape index (κ1) is 22.3. The Balaban J connectivity index is 1.77. The third-order valence-electron chi connectivity index (χ3n) is 5.29. The molecule has 4 rings (SSSR count). The summed E-state index contributed by atoms with van der Waals surface area (Å²) in [7, 11) is 1.36. The van der Waals surface area contributed by atoms with E-state index in [1.54, 1.807) is 12.1 Å². The van der Waals surface area contributed by atoms with E-state index < -0.39 is 12.2 Å². The molecule has 2 heterocycles. The van der Waals surface area contributed by atoms with E-state index in [1.807, 2.05) is 18.2 Å². The average molecular weight is 463 g/mol. The Labute approximate surface area is 189 Å². The number of para-hydroxylation sites is 1. The van der Waals surface area contributed by atoms with Crippen LogP contribution in [0.5, 0.6) is 17.2 Å². The van der Waals surface area contributed by atoms with Gasteiger partial charge in [-0.15, -0.1) is 0 Å². The lowest BCUT2D eigenvalue weighted by molar-refractivity contribution is 0.0749. The molecule has 170 valence electrons. The van der Waals surface area contributed by atoms with Crippen LogP contribution in [0.4, 0.5) is 15.8 Å². The number of rotatable bonds is 8. The highest BCUT2D eigenvalue weighted by atomic mass is 35.5. The molecule has 0 radical (unpaired) electrons. The van der Waals surface area contributed by atoms with E-state index in [9.17, 15) is 14.6 Å². The number of likely N-dealkylation sites (tertiary alicyclic amines) is 1. The first-order valence-electron chi connectivity index (χ1n) is 10.3. The third-order valence-corrected chi connectivity index (χ3v) is 5.57. The van der Waals surface area contributed by atoms with Crippen LogP contribution in [-0.2, 0) is 0 Å².